The second-order valence-corrected chi connectivity index (χ2v) is 10.1. The molecule has 4 rings (SSSR count). The molecule has 1 aromatic heterocycles. The summed E-state index contributed by atoms with van der Waals surface area (Å²) < 4.78 is 43.1. The average Bonchev–Trinajstić information content (AvgIpc) is 3.18. The topological polar surface area (TPSA) is 75.4 Å². The van der Waals surface area contributed by atoms with E-state index in [0.717, 1.165) is 12.8 Å². The summed E-state index contributed by atoms with van der Waals surface area (Å²) >= 11 is 6.20. The van der Waals surface area contributed by atoms with Crippen molar-refractivity contribution in [3.63, 3.8) is 0 Å². The van der Waals surface area contributed by atoms with Crippen molar-refractivity contribution in [3.05, 3.63) is 46.5 Å². The van der Waals surface area contributed by atoms with Gasteiger partial charge in [0, 0.05) is 26.1 Å². The molecule has 2 aliphatic rings. The highest BCUT2D eigenvalue weighted by atomic mass is 35.5. The first-order chi connectivity index (χ1) is 13.1. The molecule has 0 bridgehead atoms. The van der Waals surface area contributed by atoms with Crippen molar-refractivity contribution in [1.29, 1.82) is 0 Å². The van der Waals surface area contributed by atoms with Gasteiger partial charge < -0.3 is 5.11 Å². The van der Waals surface area contributed by atoms with E-state index < -0.39 is 21.4 Å². The van der Waals surface area contributed by atoms with Gasteiger partial charge in [-0.2, -0.15) is 9.40 Å². The third-order valence-corrected chi connectivity index (χ3v) is 8.70. The lowest BCUT2D eigenvalue weighted by atomic mass is 9.67. The van der Waals surface area contributed by atoms with Crippen LogP contribution in [-0.4, -0.2) is 40.7 Å². The third-order valence-electron chi connectivity index (χ3n) is 6.18. The van der Waals surface area contributed by atoms with Gasteiger partial charge >= 0.3 is 0 Å². The number of benzene rings is 1. The zero-order valence-corrected chi connectivity index (χ0v) is 17.3. The van der Waals surface area contributed by atoms with Gasteiger partial charge in [0.15, 0.2) is 0 Å². The Hall–Kier alpha value is -1.48. The number of sulfonamides is 1. The first-order valence-corrected chi connectivity index (χ1v) is 11.1. The summed E-state index contributed by atoms with van der Waals surface area (Å²) in [6.45, 7) is 2.10. The van der Waals surface area contributed by atoms with Gasteiger partial charge in [0.05, 0.1) is 11.3 Å². The summed E-state index contributed by atoms with van der Waals surface area (Å²) in [7, 11) is -2.25. The third kappa shape index (κ3) is 2.98. The van der Waals surface area contributed by atoms with E-state index in [0.29, 0.717) is 24.2 Å². The van der Waals surface area contributed by atoms with E-state index in [1.165, 1.54) is 21.1 Å². The predicted octanol–water partition coefficient (Wildman–Crippen LogP) is 2.83. The van der Waals surface area contributed by atoms with E-state index >= 15 is 0 Å². The van der Waals surface area contributed by atoms with Crippen molar-refractivity contribution < 1.29 is 17.9 Å². The highest BCUT2D eigenvalue weighted by Gasteiger charge is 2.52. The van der Waals surface area contributed by atoms with Crippen LogP contribution in [0.1, 0.15) is 30.5 Å². The van der Waals surface area contributed by atoms with Gasteiger partial charge in [-0.3, -0.25) is 4.68 Å². The Balaban J connectivity index is 1.70. The Kier molecular flexibility index (Phi) is 4.81. The normalized spacial score (nSPS) is 28.5. The van der Waals surface area contributed by atoms with Crippen molar-refractivity contribution in [1.82, 2.24) is 14.1 Å². The number of hydrogen-bond donors (Lipinski definition) is 1. The van der Waals surface area contributed by atoms with Crippen LogP contribution in [0.3, 0.4) is 0 Å². The molecule has 1 aliphatic heterocycles. The summed E-state index contributed by atoms with van der Waals surface area (Å²) in [6.07, 6.45) is 2.07. The molecule has 2 heterocycles. The van der Waals surface area contributed by atoms with Crippen LogP contribution in [0.4, 0.5) is 4.39 Å². The summed E-state index contributed by atoms with van der Waals surface area (Å²) in [5, 5.41) is 15.7. The summed E-state index contributed by atoms with van der Waals surface area (Å²) in [5.41, 5.74) is -0.386. The fourth-order valence-electron chi connectivity index (χ4n) is 4.83. The Morgan fingerprint density at radius 2 is 2.11 bits per heavy atom. The van der Waals surface area contributed by atoms with Crippen LogP contribution in [0.15, 0.2) is 29.2 Å². The minimum Gasteiger partial charge on any atom is -0.385 e. The van der Waals surface area contributed by atoms with Crippen LogP contribution in [0.5, 0.6) is 0 Å². The maximum Gasteiger partial charge on any atom is 0.248 e. The van der Waals surface area contributed by atoms with Crippen molar-refractivity contribution in [3.8, 4) is 0 Å². The van der Waals surface area contributed by atoms with Crippen molar-refractivity contribution >= 4 is 21.6 Å². The maximum absolute atomic E-state index is 13.8. The van der Waals surface area contributed by atoms with Gasteiger partial charge in [-0.25, -0.2) is 12.8 Å². The number of hydrogen-bond acceptors (Lipinski definition) is 4. The Morgan fingerprint density at radius 3 is 2.75 bits per heavy atom. The minimum atomic E-state index is -3.85. The lowest BCUT2D eigenvalue weighted by Crippen LogP contribution is -2.43. The molecular formula is C19H23ClFN3O3S. The van der Waals surface area contributed by atoms with E-state index in [1.807, 2.05) is 0 Å². The van der Waals surface area contributed by atoms with Gasteiger partial charge in [-0.1, -0.05) is 23.7 Å². The lowest BCUT2D eigenvalue weighted by Gasteiger charge is -2.41. The lowest BCUT2D eigenvalue weighted by molar-refractivity contribution is -0.0642. The molecule has 0 radical (unpaired) electrons. The van der Waals surface area contributed by atoms with Gasteiger partial charge in [-0.15, -0.1) is 0 Å². The quantitative estimate of drug-likeness (QED) is 0.817. The molecule has 1 saturated heterocycles. The van der Waals surface area contributed by atoms with Crippen LogP contribution < -0.4 is 0 Å². The highest BCUT2D eigenvalue weighted by Crippen LogP contribution is 2.49. The fourth-order valence-corrected chi connectivity index (χ4v) is 7.06. The van der Waals surface area contributed by atoms with E-state index in [1.54, 1.807) is 26.1 Å². The number of halogens is 2. The van der Waals surface area contributed by atoms with E-state index in [2.05, 4.69) is 5.10 Å². The van der Waals surface area contributed by atoms with Crippen LogP contribution in [0.25, 0.3) is 0 Å². The van der Waals surface area contributed by atoms with Gasteiger partial charge in [0.25, 0.3) is 0 Å². The molecule has 1 saturated carbocycles. The predicted molar refractivity (Wildman–Crippen MR) is 103 cm³/mol. The standard InChI is InChI=1S/C19H23ClFN3O3S/c1-12-17(18(20)23(2)22-12)28(26,27)24-10-13-5-4-8-19(25,16(13)11-24)14-6-3-7-15(21)9-14/h3,6-7,9,13,16,25H,4-5,8,10-11H2,1-2H3/t13-,16-,19-/m0/s1. The number of aromatic nitrogens is 2. The minimum absolute atomic E-state index is 0.00699. The molecule has 9 heteroatoms. The molecule has 3 atom stereocenters. The smallest absolute Gasteiger partial charge is 0.248 e. The number of rotatable bonds is 3. The maximum atomic E-state index is 13.8. The molecule has 0 amide bonds. The second-order valence-electron chi connectivity index (χ2n) is 7.84. The molecule has 2 fully saturated rings. The Morgan fingerprint density at radius 1 is 1.36 bits per heavy atom. The van der Waals surface area contributed by atoms with E-state index in [-0.39, 0.29) is 28.4 Å². The number of aliphatic hydroxyl groups is 1. The molecular weight excluding hydrogens is 405 g/mol. The van der Waals surface area contributed by atoms with Crippen molar-refractivity contribution in [2.45, 2.75) is 36.7 Å². The average molecular weight is 428 g/mol. The van der Waals surface area contributed by atoms with Crippen LogP contribution >= 0.6 is 11.6 Å². The van der Waals surface area contributed by atoms with Crippen LogP contribution in [-0.2, 0) is 22.7 Å². The second kappa shape index (κ2) is 6.79. The molecule has 2 aromatic rings. The summed E-state index contributed by atoms with van der Waals surface area (Å²) in [4.78, 5) is 0.0182. The molecule has 1 N–H and O–H groups in total. The SMILES string of the molecule is Cc1nn(C)c(Cl)c1S(=O)(=O)N1C[C@@H]2CCC[C@](O)(c3cccc(F)c3)[C@H]2C1. The van der Waals surface area contributed by atoms with Crippen LogP contribution in [0.2, 0.25) is 5.15 Å². The first-order valence-electron chi connectivity index (χ1n) is 9.32. The fraction of sp³-hybridized carbons (Fsp3) is 0.526. The number of fused-ring (bicyclic) bond motifs is 1. The molecule has 6 nitrogen and oxygen atoms in total. The zero-order chi connectivity index (χ0) is 20.3. The number of aryl methyl sites for hydroxylation is 2. The molecule has 0 spiro atoms. The molecule has 0 unspecified atom stereocenters. The van der Waals surface area contributed by atoms with Crippen LogP contribution in [0, 0.1) is 24.6 Å². The summed E-state index contributed by atoms with van der Waals surface area (Å²) in [5.74, 6) is -0.700. The first kappa shape index (κ1) is 19.8. The highest BCUT2D eigenvalue weighted by molar-refractivity contribution is 7.89. The van der Waals surface area contributed by atoms with E-state index in [9.17, 15) is 17.9 Å². The molecule has 1 aliphatic carbocycles. The van der Waals surface area contributed by atoms with Gasteiger partial charge in [0.1, 0.15) is 15.9 Å². The molecule has 152 valence electrons. The van der Waals surface area contributed by atoms with Gasteiger partial charge in [0.2, 0.25) is 10.0 Å². The van der Waals surface area contributed by atoms with E-state index in [4.69, 9.17) is 11.6 Å². The Labute approximate surface area is 169 Å². The zero-order valence-electron chi connectivity index (χ0n) is 15.8. The molecule has 28 heavy (non-hydrogen) atoms. The monoisotopic (exact) mass is 427 g/mol. The van der Waals surface area contributed by atoms with Crippen molar-refractivity contribution in [2.24, 2.45) is 18.9 Å². The Bertz CT molecular complexity index is 1030. The number of nitrogens with zero attached hydrogens (tertiary/aromatic N) is 3. The van der Waals surface area contributed by atoms with Gasteiger partial charge in [-0.05, 0) is 49.8 Å². The largest absolute Gasteiger partial charge is 0.385 e. The molecule has 1 aromatic carbocycles. The summed E-state index contributed by atoms with van der Waals surface area (Å²) in [6, 6.07) is 5.98. The van der Waals surface area contributed by atoms with Crippen molar-refractivity contribution in [2.75, 3.05) is 13.1 Å².